The maximum Gasteiger partial charge on any atom is 0.182 e. The van der Waals surface area contributed by atoms with Gasteiger partial charge in [-0.1, -0.05) is 78.4 Å². The Labute approximate surface area is 282 Å². The van der Waals surface area contributed by atoms with Crippen molar-refractivity contribution in [1.82, 2.24) is 4.90 Å². The highest BCUT2D eigenvalue weighted by molar-refractivity contribution is 8.03. The van der Waals surface area contributed by atoms with Gasteiger partial charge in [0.15, 0.2) is 11.8 Å². The van der Waals surface area contributed by atoms with Gasteiger partial charge in [-0.15, -0.1) is 11.8 Å². The summed E-state index contributed by atoms with van der Waals surface area (Å²) in [5.41, 5.74) is 7.11. The number of rotatable bonds is 9. The standard InChI is InChI=1S/C42H67N2S/c1-7-29-43-36-23-14-12-21-34(36)41(3,4)38(43)27-25-31-17-16-18-32(40(31)45-33-19-10-9-11-20-33)26-28-39-42(5,6)35-22-13-15-24-37(35)44(39)30-8-2/h25-28,33-37H,7-24,29-30H2,1-6H3/q+1. The molecule has 0 aromatic rings. The first-order valence-electron chi connectivity index (χ1n) is 19.7. The number of fused-ring (bicyclic) bond motifs is 2. The Morgan fingerprint density at radius 3 is 2.20 bits per heavy atom. The molecule has 0 N–H and O–H groups in total. The van der Waals surface area contributed by atoms with Gasteiger partial charge in [-0.05, 0) is 101 Å². The predicted molar refractivity (Wildman–Crippen MR) is 197 cm³/mol. The highest BCUT2D eigenvalue weighted by Gasteiger charge is 2.54. The molecule has 0 radical (unpaired) electrons. The van der Waals surface area contributed by atoms with Crippen LogP contribution >= 0.6 is 11.8 Å². The minimum atomic E-state index is 0.277. The molecule has 2 aliphatic heterocycles. The fourth-order valence-corrected chi connectivity index (χ4v) is 12.4. The van der Waals surface area contributed by atoms with E-state index in [9.17, 15) is 0 Å². The van der Waals surface area contributed by atoms with Crippen molar-refractivity contribution in [2.24, 2.45) is 22.7 Å². The Balaban J connectivity index is 1.37. The molecular formula is C42H67N2S+. The first kappa shape index (κ1) is 33.7. The molecule has 3 heteroatoms. The Morgan fingerprint density at radius 2 is 1.44 bits per heavy atom. The fourth-order valence-electron chi connectivity index (χ4n) is 10.9. The van der Waals surface area contributed by atoms with Gasteiger partial charge in [0.1, 0.15) is 6.54 Å². The van der Waals surface area contributed by atoms with Gasteiger partial charge in [0.25, 0.3) is 0 Å². The summed E-state index contributed by atoms with van der Waals surface area (Å²) in [5.74, 6) is 1.64. The predicted octanol–water partition coefficient (Wildman–Crippen LogP) is 11.6. The van der Waals surface area contributed by atoms with E-state index in [4.69, 9.17) is 0 Å². The highest BCUT2D eigenvalue weighted by Crippen LogP contribution is 2.54. The zero-order chi connectivity index (χ0) is 31.6. The molecule has 4 aliphatic carbocycles. The second kappa shape index (κ2) is 14.5. The zero-order valence-electron chi connectivity index (χ0n) is 30.1. The Bertz CT molecular complexity index is 1200. The first-order chi connectivity index (χ1) is 21.8. The van der Waals surface area contributed by atoms with Crippen LogP contribution in [0.1, 0.15) is 157 Å². The minimum Gasteiger partial charge on any atom is -0.371 e. The van der Waals surface area contributed by atoms with Crippen molar-refractivity contribution >= 4 is 17.5 Å². The lowest BCUT2D eigenvalue weighted by Crippen LogP contribution is -2.35. The number of thioether (sulfide) groups is 1. The van der Waals surface area contributed by atoms with Crippen LogP contribution in [0.4, 0.5) is 0 Å². The maximum atomic E-state index is 2.86. The summed E-state index contributed by atoms with van der Waals surface area (Å²) in [6.07, 6.45) is 35.1. The van der Waals surface area contributed by atoms with Crippen LogP contribution in [0.3, 0.4) is 0 Å². The van der Waals surface area contributed by atoms with Crippen molar-refractivity contribution in [2.45, 2.75) is 174 Å². The number of hydrogen-bond donors (Lipinski definition) is 0. The van der Waals surface area contributed by atoms with Crippen molar-refractivity contribution in [2.75, 3.05) is 13.1 Å². The maximum absolute atomic E-state index is 2.86. The summed E-state index contributed by atoms with van der Waals surface area (Å²) in [7, 11) is 0. The summed E-state index contributed by atoms with van der Waals surface area (Å²) in [6.45, 7) is 17.5. The molecule has 6 rings (SSSR count). The average molecular weight is 632 g/mol. The van der Waals surface area contributed by atoms with E-state index in [0.717, 1.165) is 29.2 Å². The lowest BCUT2D eigenvalue weighted by atomic mass is 9.69. The van der Waals surface area contributed by atoms with Crippen LogP contribution in [0.15, 0.2) is 46.1 Å². The molecule has 2 heterocycles. The number of allylic oxidation sites excluding steroid dienone is 7. The van der Waals surface area contributed by atoms with Crippen LogP contribution in [-0.2, 0) is 0 Å². The van der Waals surface area contributed by atoms with E-state index >= 15 is 0 Å². The zero-order valence-corrected chi connectivity index (χ0v) is 31.0. The van der Waals surface area contributed by atoms with Crippen LogP contribution in [0.25, 0.3) is 0 Å². The average Bonchev–Trinajstić information content (AvgIpc) is 3.39. The van der Waals surface area contributed by atoms with E-state index in [1.54, 1.807) is 27.5 Å². The molecule has 2 nitrogen and oxygen atoms in total. The van der Waals surface area contributed by atoms with E-state index in [-0.39, 0.29) is 10.8 Å². The summed E-state index contributed by atoms with van der Waals surface area (Å²) in [4.78, 5) is 4.52. The molecule has 4 fully saturated rings. The minimum absolute atomic E-state index is 0.277. The lowest BCUT2D eigenvalue weighted by molar-refractivity contribution is -0.566. The Hall–Kier alpha value is -1.22. The van der Waals surface area contributed by atoms with Gasteiger partial charge >= 0.3 is 0 Å². The number of nitrogens with zero attached hydrogens (tertiary/aromatic N) is 2. The second-order valence-electron chi connectivity index (χ2n) is 16.8. The molecule has 4 atom stereocenters. The third-order valence-electron chi connectivity index (χ3n) is 13.2. The van der Waals surface area contributed by atoms with Gasteiger partial charge in [-0.2, -0.15) is 0 Å². The smallest absolute Gasteiger partial charge is 0.182 e. The van der Waals surface area contributed by atoms with Crippen LogP contribution in [-0.4, -0.2) is 45.6 Å². The van der Waals surface area contributed by atoms with Gasteiger partial charge in [0, 0.05) is 58.7 Å². The monoisotopic (exact) mass is 632 g/mol. The molecule has 0 bridgehead atoms. The largest absolute Gasteiger partial charge is 0.371 e. The Kier molecular flexibility index (Phi) is 10.8. The topological polar surface area (TPSA) is 6.25 Å². The summed E-state index contributed by atoms with van der Waals surface area (Å²) in [5, 5.41) is 0.795. The third-order valence-corrected chi connectivity index (χ3v) is 14.7. The molecule has 4 unspecified atom stereocenters. The number of hydrogen-bond acceptors (Lipinski definition) is 2. The van der Waals surface area contributed by atoms with Gasteiger partial charge in [-0.3, -0.25) is 0 Å². The second-order valence-corrected chi connectivity index (χ2v) is 18.1. The molecule has 0 spiro atoms. The van der Waals surface area contributed by atoms with Crippen molar-refractivity contribution in [3.63, 3.8) is 0 Å². The lowest BCUT2D eigenvalue weighted by Gasteiger charge is -2.34. The molecule has 1 saturated heterocycles. The molecule has 0 aromatic heterocycles. The molecule has 3 saturated carbocycles. The molecular weight excluding hydrogens is 565 g/mol. The van der Waals surface area contributed by atoms with Crippen molar-refractivity contribution < 1.29 is 4.58 Å². The van der Waals surface area contributed by atoms with E-state index < -0.39 is 0 Å². The molecule has 250 valence electrons. The molecule has 0 amide bonds. The van der Waals surface area contributed by atoms with Crippen LogP contribution in [0.2, 0.25) is 0 Å². The summed E-state index contributed by atoms with van der Waals surface area (Å²) < 4.78 is 2.86. The van der Waals surface area contributed by atoms with Gasteiger partial charge in [0.2, 0.25) is 0 Å². The van der Waals surface area contributed by atoms with E-state index in [1.807, 2.05) is 0 Å². The fraction of sp³-hybridized carbons (Fsp3) is 0.786. The van der Waals surface area contributed by atoms with Crippen molar-refractivity contribution in [3.05, 3.63) is 46.1 Å². The van der Waals surface area contributed by atoms with E-state index in [1.165, 1.54) is 129 Å². The molecule has 45 heavy (non-hydrogen) atoms. The highest BCUT2D eigenvalue weighted by atomic mass is 32.2. The first-order valence-corrected chi connectivity index (χ1v) is 20.6. The van der Waals surface area contributed by atoms with Crippen LogP contribution in [0.5, 0.6) is 0 Å². The van der Waals surface area contributed by atoms with Crippen LogP contribution in [0, 0.1) is 22.7 Å². The third kappa shape index (κ3) is 6.73. The SMILES string of the molecule is CCCN1/C(=C/C=C2\CCCC(/C=C/C3=[N+](CCC)C4CCCCC4C3(C)C)=C2SC2CCCCC2)C(C)(C)C2CCCCC21. The number of likely N-dealkylation sites (tertiary alicyclic amines) is 1. The quantitative estimate of drug-likeness (QED) is 0.234. The van der Waals surface area contributed by atoms with Gasteiger partial charge < -0.3 is 4.90 Å². The van der Waals surface area contributed by atoms with E-state index in [2.05, 4.69) is 87.1 Å². The Morgan fingerprint density at radius 1 is 0.733 bits per heavy atom. The van der Waals surface area contributed by atoms with E-state index in [0.29, 0.717) is 0 Å². The summed E-state index contributed by atoms with van der Waals surface area (Å²) in [6, 6.07) is 1.52. The summed E-state index contributed by atoms with van der Waals surface area (Å²) >= 11 is 2.28. The normalized spacial score (nSPS) is 34.0. The molecule has 6 aliphatic rings. The van der Waals surface area contributed by atoms with Crippen LogP contribution < -0.4 is 0 Å². The van der Waals surface area contributed by atoms with Crippen molar-refractivity contribution in [1.29, 1.82) is 0 Å². The van der Waals surface area contributed by atoms with Gasteiger partial charge in [0.05, 0.1) is 5.41 Å². The van der Waals surface area contributed by atoms with Crippen molar-refractivity contribution in [3.8, 4) is 0 Å². The van der Waals surface area contributed by atoms with Gasteiger partial charge in [-0.25, -0.2) is 4.58 Å². The molecule has 0 aromatic carbocycles.